The van der Waals surface area contributed by atoms with Crippen LogP contribution >= 0.6 is 0 Å². The Labute approximate surface area is 109 Å². The van der Waals surface area contributed by atoms with E-state index in [9.17, 15) is 17.6 Å². The first-order valence-corrected chi connectivity index (χ1v) is 6.72. The molecule has 0 aromatic heterocycles. The zero-order chi connectivity index (χ0) is 14.6. The predicted molar refractivity (Wildman–Crippen MR) is 65.6 cm³/mol. The number of methoxy groups -OCH3 is 1. The fourth-order valence-electron chi connectivity index (χ4n) is 1.21. The molecule has 0 saturated heterocycles. The highest BCUT2D eigenvalue weighted by Gasteiger charge is 2.14. The van der Waals surface area contributed by atoms with E-state index in [1.807, 2.05) is 0 Å². The van der Waals surface area contributed by atoms with E-state index in [4.69, 9.17) is 5.26 Å². The number of sulfonamides is 1. The Morgan fingerprint density at radius 2 is 2.05 bits per heavy atom. The van der Waals surface area contributed by atoms with Crippen molar-refractivity contribution in [2.45, 2.75) is 0 Å². The largest absolute Gasteiger partial charge is 0.453 e. The van der Waals surface area contributed by atoms with Gasteiger partial charge >= 0.3 is 6.09 Å². The van der Waals surface area contributed by atoms with E-state index < -0.39 is 21.9 Å². The summed E-state index contributed by atoms with van der Waals surface area (Å²) in [6, 6.07) is 3.44. The number of ether oxygens (including phenoxy) is 1. The third-order valence-electron chi connectivity index (χ3n) is 1.95. The third kappa shape index (κ3) is 4.11. The highest BCUT2D eigenvalue weighted by molar-refractivity contribution is 7.92. The first-order valence-electron chi connectivity index (χ1n) is 4.83. The summed E-state index contributed by atoms with van der Waals surface area (Å²) in [7, 11) is -2.55. The number of carbonyl (C=O) groups is 1. The van der Waals surface area contributed by atoms with Gasteiger partial charge < -0.3 is 4.74 Å². The van der Waals surface area contributed by atoms with Crippen LogP contribution in [0.2, 0.25) is 0 Å². The number of amides is 1. The van der Waals surface area contributed by atoms with E-state index in [0.717, 1.165) is 25.5 Å². The van der Waals surface area contributed by atoms with Crippen LogP contribution in [0, 0.1) is 17.1 Å². The highest BCUT2D eigenvalue weighted by Crippen LogP contribution is 2.25. The number of halogens is 1. The van der Waals surface area contributed by atoms with E-state index in [0.29, 0.717) is 0 Å². The lowest BCUT2D eigenvalue weighted by atomic mass is 10.1. The molecule has 0 saturated carbocycles. The molecule has 0 spiro atoms. The van der Waals surface area contributed by atoms with Crippen molar-refractivity contribution in [3.05, 3.63) is 23.5 Å². The molecule has 1 amide bonds. The number of rotatable bonds is 3. The Hall–Kier alpha value is -2.34. The van der Waals surface area contributed by atoms with Crippen LogP contribution in [-0.2, 0) is 14.8 Å². The van der Waals surface area contributed by atoms with Crippen molar-refractivity contribution in [1.29, 1.82) is 5.26 Å². The van der Waals surface area contributed by atoms with Crippen LogP contribution in [0.3, 0.4) is 0 Å². The number of hydrogen-bond acceptors (Lipinski definition) is 5. The molecule has 0 heterocycles. The minimum Gasteiger partial charge on any atom is -0.453 e. The molecule has 19 heavy (non-hydrogen) atoms. The SMILES string of the molecule is COC(=O)Nc1cc(NS(C)(=O)=O)c(C#N)cc1F. The van der Waals surface area contributed by atoms with Crippen molar-refractivity contribution in [3.63, 3.8) is 0 Å². The summed E-state index contributed by atoms with van der Waals surface area (Å²) in [5, 5.41) is 10.9. The van der Waals surface area contributed by atoms with Gasteiger partial charge in [0.1, 0.15) is 11.9 Å². The van der Waals surface area contributed by atoms with E-state index in [2.05, 4.69) is 14.8 Å². The molecule has 1 rings (SSSR count). The van der Waals surface area contributed by atoms with E-state index in [-0.39, 0.29) is 16.9 Å². The summed E-state index contributed by atoms with van der Waals surface area (Å²) in [5.74, 6) is -0.888. The van der Waals surface area contributed by atoms with Crippen LogP contribution in [0.1, 0.15) is 5.56 Å². The van der Waals surface area contributed by atoms with Crippen LogP contribution in [0.25, 0.3) is 0 Å². The van der Waals surface area contributed by atoms with Gasteiger partial charge in [-0.1, -0.05) is 0 Å². The lowest BCUT2D eigenvalue weighted by Gasteiger charge is -2.10. The maximum absolute atomic E-state index is 13.5. The molecule has 0 atom stereocenters. The average Bonchev–Trinajstić information content (AvgIpc) is 2.30. The smallest absolute Gasteiger partial charge is 0.411 e. The second-order valence-electron chi connectivity index (χ2n) is 3.48. The molecule has 2 N–H and O–H groups in total. The molecule has 102 valence electrons. The van der Waals surface area contributed by atoms with Gasteiger partial charge in [-0.3, -0.25) is 10.0 Å². The van der Waals surface area contributed by atoms with Gasteiger partial charge in [0.25, 0.3) is 0 Å². The number of nitriles is 1. The Morgan fingerprint density at radius 1 is 1.42 bits per heavy atom. The van der Waals surface area contributed by atoms with E-state index >= 15 is 0 Å². The number of hydrogen-bond donors (Lipinski definition) is 2. The lowest BCUT2D eigenvalue weighted by molar-refractivity contribution is 0.187. The van der Waals surface area contributed by atoms with Crippen molar-refractivity contribution in [2.24, 2.45) is 0 Å². The molecular formula is C10H10FN3O4S. The van der Waals surface area contributed by atoms with Gasteiger partial charge in [0.15, 0.2) is 0 Å². The second-order valence-corrected chi connectivity index (χ2v) is 5.23. The van der Waals surface area contributed by atoms with Gasteiger partial charge in [-0.25, -0.2) is 17.6 Å². The summed E-state index contributed by atoms with van der Waals surface area (Å²) in [6.45, 7) is 0. The van der Waals surface area contributed by atoms with Crippen molar-refractivity contribution >= 4 is 27.5 Å². The number of nitrogens with zero attached hydrogens (tertiary/aromatic N) is 1. The van der Waals surface area contributed by atoms with Crippen molar-refractivity contribution < 1.29 is 22.3 Å². The van der Waals surface area contributed by atoms with Crippen LogP contribution < -0.4 is 10.0 Å². The molecule has 7 nitrogen and oxygen atoms in total. The van der Waals surface area contributed by atoms with E-state index in [1.165, 1.54) is 0 Å². The Bertz CT molecular complexity index is 651. The summed E-state index contributed by atoms with van der Waals surface area (Å²) in [5.41, 5.74) is -0.659. The molecule has 0 radical (unpaired) electrons. The summed E-state index contributed by atoms with van der Waals surface area (Å²) >= 11 is 0. The monoisotopic (exact) mass is 287 g/mol. The molecule has 1 aromatic rings. The zero-order valence-corrected chi connectivity index (χ0v) is 10.8. The van der Waals surface area contributed by atoms with Gasteiger partial charge in [-0.15, -0.1) is 0 Å². The molecule has 0 aliphatic heterocycles. The van der Waals surface area contributed by atoms with Crippen molar-refractivity contribution in [2.75, 3.05) is 23.4 Å². The third-order valence-corrected chi connectivity index (χ3v) is 2.54. The van der Waals surface area contributed by atoms with Crippen LogP contribution in [0.5, 0.6) is 0 Å². The maximum Gasteiger partial charge on any atom is 0.411 e. The summed E-state index contributed by atoms with van der Waals surface area (Å²) < 4.78 is 42.1. The number of anilines is 2. The number of nitrogens with one attached hydrogen (secondary N) is 2. The van der Waals surface area contributed by atoms with Gasteiger partial charge in [0, 0.05) is 0 Å². The maximum atomic E-state index is 13.5. The van der Waals surface area contributed by atoms with Gasteiger partial charge in [-0.2, -0.15) is 5.26 Å². The van der Waals surface area contributed by atoms with Crippen LogP contribution in [-0.4, -0.2) is 27.9 Å². The molecule has 0 fully saturated rings. The first-order chi connectivity index (χ1) is 8.76. The Balaban J connectivity index is 3.26. The lowest BCUT2D eigenvalue weighted by Crippen LogP contribution is -2.15. The standard InChI is InChI=1S/C10H10FN3O4S/c1-18-10(15)13-9-4-8(14-19(2,16)17)6(5-12)3-7(9)11/h3-4,14H,1-2H3,(H,13,15). The molecule has 1 aromatic carbocycles. The summed E-state index contributed by atoms with van der Waals surface area (Å²) in [4.78, 5) is 11.0. The molecule has 0 aliphatic carbocycles. The van der Waals surface area contributed by atoms with Crippen molar-refractivity contribution in [3.8, 4) is 6.07 Å². The Kier molecular flexibility index (Phi) is 4.29. The molecule has 0 bridgehead atoms. The number of benzene rings is 1. The van der Waals surface area contributed by atoms with Crippen LogP contribution in [0.4, 0.5) is 20.6 Å². The Morgan fingerprint density at radius 3 is 2.53 bits per heavy atom. The highest BCUT2D eigenvalue weighted by atomic mass is 32.2. The fourth-order valence-corrected chi connectivity index (χ4v) is 1.78. The molecule has 9 heteroatoms. The van der Waals surface area contributed by atoms with Crippen LogP contribution in [0.15, 0.2) is 12.1 Å². The number of carbonyl (C=O) groups excluding carboxylic acids is 1. The zero-order valence-electron chi connectivity index (χ0n) is 10.0. The molecular weight excluding hydrogens is 277 g/mol. The topological polar surface area (TPSA) is 108 Å². The minimum atomic E-state index is -3.64. The minimum absolute atomic E-state index is 0.141. The van der Waals surface area contributed by atoms with Gasteiger partial charge in [0.2, 0.25) is 10.0 Å². The quantitative estimate of drug-likeness (QED) is 0.869. The second kappa shape index (κ2) is 5.53. The van der Waals surface area contributed by atoms with E-state index in [1.54, 1.807) is 6.07 Å². The van der Waals surface area contributed by atoms with Crippen molar-refractivity contribution in [1.82, 2.24) is 0 Å². The predicted octanol–water partition coefficient (Wildman–Crippen LogP) is 1.25. The summed E-state index contributed by atoms with van der Waals surface area (Å²) in [6.07, 6.45) is -0.0424. The molecule has 0 aliphatic rings. The fraction of sp³-hybridized carbons (Fsp3) is 0.200. The van der Waals surface area contributed by atoms with Gasteiger partial charge in [-0.05, 0) is 12.1 Å². The first kappa shape index (κ1) is 14.7. The average molecular weight is 287 g/mol. The van der Waals surface area contributed by atoms with Gasteiger partial charge in [0.05, 0.1) is 30.3 Å². The normalized spacial score (nSPS) is 10.4. The molecule has 0 unspecified atom stereocenters.